The second kappa shape index (κ2) is 11.4. The summed E-state index contributed by atoms with van der Waals surface area (Å²) in [5, 5.41) is 21.5. The number of aliphatic hydroxyl groups is 1. The fourth-order valence-electron chi connectivity index (χ4n) is 3.84. The number of guanidine groups is 1. The van der Waals surface area contributed by atoms with Gasteiger partial charge in [0.25, 0.3) is 0 Å². The standard InChI is InChI=1S/C24H39N7O/c1-5-25-23(27-19-24(2,32)22-16-28-30(4)18-22)26-15-20-7-9-21(10-8-20)17-31-12-6-11-29(3)13-14-31/h7-10,16,18,32H,5-6,11-15,17,19H2,1-4H3,(H2,25,26,27). The first kappa shape index (κ1) is 24.2. The van der Waals surface area contributed by atoms with Gasteiger partial charge in [-0.2, -0.15) is 5.10 Å². The smallest absolute Gasteiger partial charge is 0.191 e. The van der Waals surface area contributed by atoms with Crippen molar-refractivity contribution in [3.05, 3.63) is 53.3 Å². The lowest BCUT2D eigenvalue weighted by Crippen LogP contribution is -2.44. The van der Waals surface area contributed by atoms with Crippen LogP contribution in [-0.4, -0.2) is 77.0 Å². The quantitative estimate of drug-likeness (QED) is 0.426. The molecule has 0 spiro atoms. The van der Waals surface area contributed by atoms with Gasteiger partial charge in [-0.3, -0.25) is 9.58 Å². The molecule has 0 aliphatic carbocycles. The van der Waals surface area contributed by atoms with Crippen molar-refractivity contribution >= 4 is 5.96 Å². The third-order valence-corrected chi connectivity index (χ3v) is 5.93. The van der Waals surface area contributed by atoms with Gasteiger partial charge >= 0.3 is 0 Å². The number of benzene rings is 1. The largest absolute Gasteiger partial charge is 0.383 e. The fraction of sp³-hybridized carbons (Fsp3) is 0.583. The molecule has 1 aromatic heterocycles. The molecule has 1 unspecified atom stereocenters. The van der Waals surface area contributed by atoms with E-state index < -0.39 is 5.60 Å². The first-order valence-electron chi connectivity index (χ1n) is 11.6. The molecule has 176 valence electrons. The molecule has 3 rings (SSSR count). The predicted molar refractivity (Wildman–Crippen MR) is 129 cm³/mol. The van der Waals surface area contributed by atoms with Crippen LogP contribution in [0.25, 0.3) is 0 Å². The summed E-state index contributed by atoms with van der Waals surface area (Å²) in [5.74, 6) is 0.689. The minimum atomic E-state index is -1.03. The highest BCUT2D eigenvalue weighted by Crippen LogP contribution is 2.18. The van der Waals surface area contributed by atoms with Crippen LogP contribution in [0.4, 0.5) is 0 Å². The molecule has 0 amide bonds. The van der Waals surface area contributed by atoms with E-state index in [1.807, 2.05) is 20.2 Å². The van der Waals surface area contributed by atoms with Crippen LogP contribution in [0.1, 0.15) is 37.0 Å². The first-order valence-corrected chi connectivity index (χ1v) is 11.6. The molecule has 1 atom stereocenters. The van der Waals surface area contributed by atoms with Crippen LogP contribution in [0.2, 0.25) is 0 Å². The molecular weight excluding hydrogens is 402 g/mol. The lowest BCUT2D eigenvalue weighted by Gasteiger charge is -2.23. The van der Waals surface area contributed by atoms with Crippen molar-refractivity contribution < 1.29 is 5.11 Å². The van der Waals surface area contributed by atoms with E-state index in [0.29, 0.717) is 19.0 Å². The number of nitrogens with one attached hydrogen (secondary N) is 2. The summed E-state index contributed by atoms with van der Waals surface area (Å²) in [6, 6.07) is 8.76. The molecule has 1 saturated heterocycles. The predicted octanol–water partition coefficient (Wildman–Crippen LogP) is 1.52. The minimum Gasteiger partial charge on any atom is -0.383 e. The van der Waals surface area contributed by atoms with Crippen LogP contribution in [-0.2, 0) is 25.7 Å². The first-order chi connectivity index (χ1) is 15.4. The van der Waals surface area contributed by atoms with Gasteiger partial charge in [-0.15, -0.1) is 0 Å². The number of aromatic nitrogens is 2. The molecule has 1 aromatic carbocycles. The van der Waals surface area contributed by atoms with Gasteiger partial charge in [-0.05, 0) is 51.5 Å². The van der Waals surface area contributed by atoms with Crippen LogP contribution in [0, 0.1) is 0 Å². The summed E-state index contributed by atoms with van der Waals surface area (Å²) in [6.45, 7) is 11.1. The van der Waals surface area contributed by atoms with E-state index in [1.54, 1.807) is 17.8 Å². The maximum Gasteiger partial charge on any atom is 0.191 e. The maximum absolute atomic E-state index is 10.8. The Balaban J connectivity index is 1.54. The molecule has 2 heterocycles. The Bertz CT molecular complexity index is 859. The third kappa shape index (κ3) is 7.32. The molecule has 1 aliphatic rings. The number of aliphatic imine (C=N–C) groups is 1. The van der Waals surface area contributed by atoms with Crippen LogP contribution >= 0.6 is 0 Å². The van der Waals surface area contributed by atoms with E-state index in [2.05, 4.69) is 56.8 Å². The molecule has 2 aromatic rings. The molecule has 0 saturated carbocycles. The molecule has 8 heteroatoms. The van der Waals surface area contributed by atoms with Crippen molar-refractivity contribution in [3.63, 3.8) is 0 Å². The molecular formula is C24H39N7O. The number of hydrogen-bond donors (Lipinski definition) is 3. The lowest BCUT2D eigenvalue weighted by molar-refractivity contribution is 0.0616. The van der Waals surface area contributed by atoms with Crippen molar-refractivity contribution in [2.45, 2.75) is 39.0 Å². The molecule has 32 heavy (non-hydrogen) atoms. The summed E-state index contributed by atoms with van der Waals surface area (Å²) >= 11 is 0. The SMILES string of the molecule is CCNC(=NCc1ccc(CN2CCCN(C)CC2)cc1)NCC(C)(O)c1cnn(C)c1. The van der Waals surface area contributed by atoms with E-state index in [0.717, 1.165) is 38.3 Å². The van der Waals surface area contributed by atoms with Gasteiger partial charge in [0.15, 0.2) is 5.96 Å². The van der Waals surface area contributed by atoms with Crippen molar-refractivity contribution in [2.24, 2.45) is 12.0 Å². The summed E-state index contributed by atoms with van der Waals surface area (Å²) in [4.78, 5) is 9.65. The van der Waals surface area contributed by atoms with Crippen LogP contribution in [0.15, 0.2) is 41.7 Å². The zero-order valence-corrected chi connectivity index (χ0v) is 20.0. The molecule has 8 nitrogen and oxygen atoms in total. The highest BCUT2D eigenvalue weighted by Gasteiger charge is 2.25. The average Bonchev–Trinajstić information content (AvgIpc) is 3.12. The number of likely N-dealkylation sites (N-methyl/N-ethyl adjacent to an activating group) is 1. The Labute approximate surface area is 192 Å². The molecule has 1 fully saturated rings. The number of hydrogen-bond acceptors (Lipinski definition) is 5. The van der Waals surface area contributed by atoms with Crippen molar-refractivity contribution in [1.82, 2.24) is 30.2 Å². The topological polar surface area (TPSA) is 81.0 Å². The summed E-state index contributed by atoms with van der Waals surface area (Å²) in [6.07, 6.45) is 4.76. The summed E-state index contributed by atoms with van der Waals surface area (Å²) in [7, 11) is 4.05. The maximum atomic E-state index is 10.8. The van der Waals surface area contributed by atoms with Crippen molar-refractivity contribution in [2.75, 3.05) is 46.3 Å². The normalized spacial score (nSPS) is 18.2. The van der Waals surface area contributed by atoms with Gasteiger partial charge < -0.3 is 20.6 Å². The Hall–Kier alpha value is -2.42. The third-order valence-electron chi connectivity index (χ3n) is 5.93. The van der Waals surface area contributed by atoms with E-state index in [1.165, 1.54) is 24.1 Å². The monoisotopic (exact) mass is 441 g/mol. The minimum absolute atomic E-state index is 0.342. The molecule has 3 N–H and O–H groups in total. The fourth-order valence-corrected chi connectivity index (χ4v) is 3.84. The van der Waals surface area contributed by atoms with Gasteiger partial charge in [0.05, 0.1) is 19.3 Å². The van der Waals surface area contributed by atoms with E-state index in [9.17, 15) is 5.11 Å². The summed E-state index contributed by atoms with van der Waals surface area (Å²) in [5.41, 5.74) is 2.25. The number of nitrogens with zero attached hydrogens (tertiary/aromatic N) is 5. The van der Waals surface area contributed by atoms with Gasteiger partial charge in [0, 0.05) is 45.0 Å². The average molecular weight is 442 g/mol. The zero-order valence-electron chi connectivity index (χ0n) is 20.0. The molecule has 0 radical (unpaired) electrons. The van der Waals surface area contributed by atoms with Crippen molar-refractivity contribution in [3.8, 4) is 0 Å². The summed E-state index contributed by atoms with van der Waals surface area (Å²) < 4.78 is 1.69. The second-order valence-corrected chi connectivity index (χ2v) is 8.97. The zero-order chi connectivity index (χ0) is 23.0. The number of aryl methyl sites for hydroxylation is 1. The highest BCUT2D eigenvalue weighted by molar-refractivity contribution is 5.79. The van der Waals surface area contributed by atoms with Crippen LogP contribution in [0.3, 0.4) is 0 Å². The molecule has 1 aliphatic heterocycles. The Morgan fingerprint density at radius 1 is 1.09 bits per heavy atom. The second-order valence-electron chi connectivity index (χ2n) is 8.97. The van der Waals surface area contributed by atoms with Crippen molar-refractivity contribution in [1.29, 1.82) is 0 Å². The van der Waals surface area contributed by atoms with Crippen LogP contribution in [0.5, 0.6) is 0 Å². The van der Waals surface area contributed by atoms with Gasteiger partial charge in [0.1, 0.15) is 5.60 Å². The molecule has 0 bridgehead atoms. The Morgan fingerprint density at radius 2 is 1.84 bits per heavy atom. The van der Waals surface area contributed by atoms with E-state index in [4.69, 9.17) is 4.99 Å². The van der Waals surface area contributed by atoms with E-state index >= 15 is 0 Å². The Morgan fingerprint density at radius 3 is 2.53 bits per heavy atom. The van der Waals surface area contributed by atoms with Gasteiger partial charge in [0.2, 0.25) is 0 Å². The van der Waals surface area contributed by atoms with E-state index in [-0.39, 0.29) is 0 Å². The lowest BCUT2D eigenvalue weighted by atomic mass is 10.00. The van der Waals surface area contributed by atoms with Gasteiger partial charge in [-0.25, -0.2) is 4.99 Å². The Kier molecular flexibility index (Phi) is 8.67. The van der Waals surface area contributed by atoms with Gasteiger partial charge in [-0.1, -0.05) is 24.3 Å². The highest BCUT2D eigenvalue weighted by atomic mass is 16.3. The number of rotatable bonds is 8. The van der Waals surface area contributed by atoms with Crippen LogP contribution < -0.4 is 10.6 Å².